The van der Waals surface area contributed by atoms with E-state index in [1.54, 1.807) is 0 Å². The van der Waals surface area contributed by atoms with Gasteiger partial charge in [0.15, 0.2) is 11.6 Å². The zero-order valence-corrected chi connectivity index (χ0v) is 9.34. The first-order valence-electron chi connectivity index (χ1n) is 4.91. The fourth-order valence-corrected chi connectivity index (χ4v) is 1.36. The second-order valence-corrected chi connectivity index (χ2v) is 3.56. The van der Waals surface area contributed by atoms with E-state index in [-0.39, 0.29) is 0 Å². The minimum absolute atomic E-state index is 0.315. The van der Waals surface area contributed by atoms with Crippen molar-refractivity contribution in [3.63, 3.8) is 0 Å². The molecule has 0 saturated carbocycles. The van der Waals surface area contributed by atoms with E-state index in [1.165, 1.54) is 0 Å². The van der Waals surface area contributed by atoms with Gasteiger partial charge >= 0.3 is 5.97 Å². The molecular weight excluding hydrogens is 256 g/mol. The number of aliphatic carboxylic acids is 1. The van der Waals surface area contributed by atoms with Gasteiger partial charge in [-0.3, -0.25) is 4.79 Å². The first-order chi connectivity index (χ1) is 8.27. The Morgan fingerprint density at radius 3 is 2.44 bits per heavy atom. The first-order valence-corrected chi connectivity index (χ1v) is 4.91. The molecule has 0 amide bonds. The first kappa shape index (κ1) is 14.3. The van der Waals surface area contributed by atoms with Gasteiger partial charge in [0.1, 0.15) is 5.82 Å². The molecule has 0 spiro atoms. The van der Waals surface area contributed by atoms with Gasteiger partial charge in [-0.05, 0) is 6.07 Å². The molecule has 0 aliphatic carbocycles. The highest BCUT2D eigenvalue weighted by Gasteiger charge is 2.36. The van der Waals surface area contributed by atoms with Crippen LogP contribution in [-0.2, 0) is 10.7 Å². The predicted octanol–water partition coefficient (Wildman–Crippen LogP) is 2.93. The van der Waals surface area contributed by atoms with Crippen molar-refractivity contribution in [2.24, 2.45) is 0 Å². The highest BCUT2D eigenvalue weighted by molar-refractivity contribution is 5.66. The van der Waals surface area contributed by atoms with Gasteiger partial charge < -0.3 is 9.84 Å². The van der Waals surface area contributed by atoms with Crippen molar-refractivity contribution in [2.45, 2.75) is 18.8 Å². The Morgan fingerprint density at radius 2 is 1.94 bits per heavy atom. The summed E-state index contributed by atoms with van der Waals surface area (Å²) in [5.74, 6) is -8.17. The molecule has 0 radical (unpaired) electrons. The number of hydrogen-bond donors (Lipinski definition) is 1. The summed E-state index contributed by atoms with van der Waals surface area (Å²) in [6.07, 6.45) is -1.95. The Hall–Kier alpha value is -1.79. The number of hydrogen-bond acceptors (Lipinski definition) is 2. The molecule has 18 heavy (non-hydrogen) atoms. The van der Waals surface area contributed by atoms with Crippen molar-refractivity contribution in [3.05, 3.63) is 29.3 Å². The monoisotopic (exact) mass is 266 g/mol. The number of ether oxygens (including phenoxy) is 1. The average Bonchev–Trinajstić information content (AvgIpc) is 2.29. The van der Waals surface area contributed by atoms with Crippen molar-refractivity contribution in [1.82, 2.24) is 0 Å². The zero-order chi connectivity index (χ0) is 13.9. The number of carbonyl (C=O) groups is 1. The molecule has 0 aliphatic heterocycles. The fraction of sp³-hybridized carbons (Fsp3) is 0.364. The van der Waals surface area contributed by atoms with Crippen LogP contribution < -0.4 is 4.74 Å². The Bertz CT molecular complexity index is 460. The molecular formula is C11H10F4O3. The van der Waals surface area contributed by atoms with E-state index in [1.807, 2.05) is 0 Å². The Balaban J connectivity index is 3.08. The Labute approximate surface area is 100.0 Å². The van der Waals surface area contributed by atoms with Crippen LogP contribution in [0.1, 0.15) is 18.4 Å². The van der Waals surface area contributed by atoms with E-state index >= 15 is 0 Å². The lowest BCUT2D eigenvalue weighted by molar-refractivity contribution is -0.139. The van der Waals surface area contributed by atoms with Crippen LogP contribution in [0.5, 0.6) is 5.75 Å². The highest BCUT2D eigenvalue weighted by Crippen LogP contribution is 2.36. The molecule has 100 valence electrons. The molecule has 3 nitrogen and oxygen atoms in total. The number of halogens is 4. The standard InChI is InChI=1S/C11H10F4O3/c1-18-9-5-7(12)6(4-8(9)13)11(14,15)3-2-10(16)17/h4-5H,2-3H2,1H3,(H,16,17). The molecule has 7 heteroatoms. The van der Waals surface area contributed by atoms with Crippen molar-refractivity contribution in [1.29, 1.82) is 0 Å². The van der Waals surface area contributed by atoms with Gasteiger partial charge in [0, 0.05) is 12.5 Å². The molecule has 0 atom stereocenters. The largest absolute Gasteiger partial charge is 0.494 e. The second kappa shape index (κ2) is 5.24. The van der Waals surface area contributed by atoms with Crippen LogP contribution in [-0.4, -0.2) is 18.2 Å². The lowest BCUT2D eigenvalue weighted by Crippen LogP contribution is -2.17. The van der Waals surface area contributed by atoms with Gasteiger partial charge in [-0.1, -0.05) is 0 Å². The third-order valence-corrected chi connectivity index (χ3v) is 2.29. The molecule has 0 saturated heterocycles. The molecule has 0 bridgehead atoms. The zero-order valence-electron chi connectivity index (χ0n) is 9.34. The Kier molecular flexibility index (Phi) is 4.15. The molecule has 0 unspecified atom stereocenters. The van der Waals surface area contributed by atoms with Crippen molar-refractivity contribution < 1.29 is 32.2 Å². The SMILES string of the molecule is COc1cc(F)c(C(F)(F)CCC(=O)O)cc1F. The quantitative estimate of drug-likeness (QED) is 0.833. The molecule has 0 fully saturated rings. The van der Waals surface area contributed by atoms with Gasteiger partial charge in [-0.15, -0.1) is 0 Å². The minimum atomic E-state index is -3.75. The van der Waals surface area contributed by atoms with Gasteiger partial charge in [0.05, 0.1) is 19.1 Å². The molecule has 0 aromatic heterocycles. The molecule has 1 aromatic carbocycles. The number of benzene rings is 1. The summed E-state index contributed by atoms with van der Waals surface area (Å²) >= 11 is 0. The topological polar surface area (TPSA) is 46.5 Å². The second-order valence-electron chi connectivity index (χ2n) is 3.56. The highest BCUT2D eigenvalue weighted by atomic mass is 19.3. The molecule has 0 heterocycles. The summed E-state index contributed by atoms with van der Waals surface area (Å²) in [6, 6.07) is 0.815. The number of carboxylic acids is 1. The van der Waals surface area contributed by atoms with E-state index in [0.717, 1.165) is 7.11 Å². The lowest BCUT2D eigenvalue weighted by atomic mass is 10.0. The van der Waals surface area contributed by atoms with Crippen LogP contribution in [0, 0.1) is 11.6 Å². The van der Waals surface area contributed by atoms with Crippen LogP contribution in [0.25, 0.3) is 0 Å². The summed E-state index contributed by atoms with van der Waals surface area (Å²) in [5, 5.41) is 8.31. The maximum atomic E-state index is 13.5. The van der Waals surface area contributed by atoms with Gasteiger partial charge in [0.2, 0.25) is 0 Å². The average molecular weight is 266 g/mol. The van der Waals surface area contributed by atoms with E-state index in [2.05, 4.69) is 4.74 Å². The maximum Gasteiger partial charge on any atom is 0.303 e. The third-order valence-electron chi connectivity index (χ3n) is 2.29. The number of rotatable bonds is 5. The van der Waals surface area contributed by atoms with E-state index < -0.39 is 47.7 Å². The van der Waals surface area contributed by atoms with E-state index in [4.69, 9.17) is 5.11 Å². The van der Waals surface area contributed by atoms with Gasteiger partial charge in [0.25, 0.3) is 5.92 Å². The normalized spacial score (nSPS) is 11.4. The van der Waals surface area contributed by atoms with E-state index in [9.17, 15) is 22.4 Å². The van der Waals surface area contributed by atoms with Crippen molar-refractivity contribution in [2.75, 3.05) is 7.11 Å². The van der Waals surface area contributed by atoms with Crippen LogP contribution in [0.2, 0.25) is 0 Å². The summed E-state index contributed by atoms with van der Waals surface area (Å²) in [4.78, 5) is 10.2. The minimum Gasteiger partial charge on any atom is -0.494 e. The summed E-state index contributed by atoms with van der Waals surface area (Å²) in [7, 11) is 1.07. The third kappa shape index (κ3) is 3.12. The predicted molar refractivity (Wildman–Crippen MR) is 53.7 cm³/mol. The molecule has 0 aliphatic rings. The summed E-state index contributed by atoms with van der Waals surface area (Å²) in [6.45, 7) is 0. The number of methoxy groups -OCH3 is 1. The molecule has 1 rings (SSSR count). The summed E-state index contributed by atoms with van der Waals surface area (Å²) in [5.41, 5.74) is -1.18. The molecule has 1 N–H and O–H groups in total. The lowest BCUT2D eigenvalue weighted by Gasteiger charge is -2.17. The van der Waals surface area contributed by atoms with Crippen LogP contribution in [0.4, 0.5) is 17.6 Å². The van der Waals surface area contributed by atoms with Gasteiger partial charge in [-0.2, -0.15) is 0 Å². The van der Waals surface area contributed by atoms with E-state index in [0.29, 0.717) is 12.1 Å². The van der Waals surface area contributed by atoms with Crippen molar-refractivity contribution >= 4 is 5.97 Å². The summed E-state index contributed by atoms with van der Waals surface area (Å²) < 4.78 is 58.0. The van der Waals surface area contributed by atoms with Crippen LogP contribution >= 0.6 is 0 Å². The molecule has 1 aromatic rings. The van der Waals surface area contributed by atoms with Gasteiger partial charge in [-0.25, -0.2) is 17.6 Å². The maximum absolute atomic E-state index is 13.5. The fourth-order valence-electron chi connectivity index (χ4n) is 1.36. The van der Waals surface area contributed by atoms with Crippen LogP contribution in [0.15, 0.2) is 12.1 Å². The van der Waals surface area contributed by atoms with Crippen LogP contribution in [0.3, 0.4) is 0 Å². The van der Waals surface area contributed by atoms with Crippen molar-refractivity contribution in [3.8, 4) is 5.75 Å². The smallest absolute Gasteiger partial charge is 0.303 e. The Morgan fingerprint density at radius 1 is 1.33 bits per heavy atom. The number of carboxylic acid groups (broad SMARTS) is 1. The number of alkyl halides is 2.